The molecule has 2 atom stereocenters. The fraction of sp³-hybridized carbons (Fsp3) is 0.261. The zero-order valence-electron chi connectivity index (χ0n) is 34.8. The van der Waals surface area contributed by atoms with E-state index >= 15 is 0 Å². The van der Waals surface area contributed by atoms with Crippen LogP contribution in [0.4, 0.5) is 22.7 Å². The van der Waals surface area contributed by atoms with E-state index in [1.807, 2.05) is 0 Å². The van der Waals surface area contributed by atoms with E-state index in [1.54, 1.807) is 31.2 Å². The minimum atomic E-state index is -0.741. The van der Waals surface area contributed by atoms with Gasteiger partial charge in [0.2, 0.25) is 23.6 Å². The molecule has 6 rings (SSSR count). The van der Waals surface area contributed by atoms with Crippen molar-refractivity contribution in [2.75, 3.05) is 53.8 Å². The molecule has 19 heteroatoms. The van der Waals surface area contributed by atoms with Crippen LogP contribution in [-0.4, -0.2) is 97.3 Å². The summed E-state index contributed by atoms with van der Waals surface area (Å²) in [5.41, 5.74) is 1.25. The molecule has 2 aliphatic carbocycles. The molecule has 0 spiro atoms. The molecular weight excluding hydrogens is 885 g/mol. The summed E-state index contributed by atoms with van der Waals surface area (Å²) in [6.45, 7) is 2.91. The molecular formula is C46H45Cl2N5O12. The summed E-state index contributed by atoms with van der Waals surface area (Å²) < 4.78 is 9.29. The molecule has 0 bridgehead atoms. The molecule has 0 aromatic heterocycles. The number of anilines is 4. The van der Waals surface area contributed by atoms with E-state index < -0.39 is 70.7 Å². The number of carbonyl (C=O) groups excluding carboxylic acids is 10. The molecule has 65 heavy (non-hydrogen) atoms. The number of ketones is 4. The van der Waals surface area contributed by atoms with Crippen molar-refractivity contribution in [3.8, 4) is 0 Å². The molecule has 0 saturated carbocycles. The van der Waals surface area contributed by atoms with E-state index in [0.717, 1.165) is 0 Å². The topological polar surface area (TPSA) is 249 Å². The highest BCUT2D eigenvalue weighted by Crippen LogP contribution is 2.38. The minimum Gasteiger partial charge on any atom is -0.469 e. The molecule has 0 fully saturated rings. The highest BCUT2D eigenvalue weighted by Gasteiger charge is 2.36. The van der Waals surface area contributed by atoms with Crippen LogP contribution in [0.1, 0.15) is 97.8 Å². The molecule has 0 saturated heterocycles. The lowest BCUT2D eigenvalue weighted by Crippen LogP contribution is -2.40. The van der Waals surface area contributed by atoms with Crippen molar-refractivity contribution >= 4 is 105 Å². The number of methoxy groups -OCH3 is 2. The van der Waals surface area contributed by atoms with Crippen LogP contribution in [0.2, 0.25) is 0 Å². The van der Waals surface area contributed by atoms with E-state index in [9.17, 15) is 47.9 Å². The van der Waals surface area contributed by atoms with Crippen LogP contribution in [0.15, 0.2) is 72.8 Å². The number of esters is 2. The number of benzene rings is 4. The Bertz CT molecular complexity index is 2440. The monoisotopic (exact) mass is 929 g/mol. The van der Waals surface area contributed by atoms with Gasteiger partial charge in [0.1, 0.15) is 17.8 Å². The average Bonchev–Trinajstić information content (AvgIpc) is 3.31. The van der Waals surface area contributed by atoms with Crippen molar-refractivity contribution in [2.45, 2.75) is 40.2 Å². The third kappa shape index (κ3) is 11.4. The van der Waals surface area contributed by atoms with Crippen molar-refractivity contribution in [3.05, 3.63) is 117 Å². The molecule has 4 amide bonds. The van der Waals surface area contributed by atoms with Crippen LogP contribution >= 0.6 is 23.2 Å². The smallest absolute Gasteiger partial charge is 0.322 e. The van der Waals surface area contributed by atoms with Crippen LogP contribution in [0.25, 0.3) is 0 Å². The first-order valence-electron chi connectivity index (χ1n) is 19.5. The number of rotatable bonds is 14. The second-order valence-corrected chi connectivity index (χ2v) is 14.8. The van der Waals surface area contributed by atoms with E-state index in [2.05, 4.69) is 36.1 Å². The third-order valence-electron chi connectivity index (χ3n) is 10.0. The summed E-state index contributed by atoms with van der Waals surface area (Å²) >= 11 is 11.0. The second kappa shape index (κ2) is 22.5. The van der Waals surface area contributed by atoms with Gasteiger partial charge in [0.05, 0.1) is 71.7 Å². The van der Waals surface area contributed by atoms with Gasteiger partial charge in [0.15, 0.2) is 23.1 Å². The van der Waals surface area contributed by atoms with Crippen molar-refractivity contribution in [1.29, 1.82) is 0 Å². The van der Waals surface area contributed by atoms with Gasteiger partial charge in [0, 0.05) is 28.7 Å². The molecule has 2 aliphatic rings. The second-order valence-electron chi connectivity index (χ2n) is 14.3. The van der Waals surface area contributed by atoms with Crippen molar-refractivity contribution in [3.63, 3.8) is 0 Å². The molecule has 17 nitrogen and oxygen atoms in total. The quantitative estimate of drug-likeness (QED) is 0.0667. The standard InChI is InChI=1S/C27H29N3O8.C18H12Cl2N2O4.CH4/c1-14(26(35)37-3)9-12-20(31)29-18-10-11-19(30-21(32)13-28-15(2)27(36)38-4)23-22(18)24(33)16-7-5-6-8-17(16)25(23)34;19-7-13(23)21-11-5-6-12(22-14(24)8-20)16-15(11)17(25)9-3-1-2-4-10(9)18(16)26;/h5-8,10-11,14-15,28H,9,12-13H2,1-4H3,(H,29,31)(H,30,32);1-6H,7-8H2,(H,21,23)(H,22,24);1H4/t14-,15-;;/m0../s1. The Morgan fingerprint density at radius 3 is 1.15 bits per heavy atom. The van der Waals surface area contributed by atoms with E-state index in [-0.39, 0.29) is 106 Å². The van der Waals surface area contributed by atoms with Crippen molar-refractivity contribution in [1.82, 2.24) is 5.32 Å². The van der Waals surface area contributed by atoms with Gasteiger partial charge in [-0.3, -0.25) is 53.3 Å². The summed E-state index contributed by atoms with van der Waals surface area (Å²) in [4.78, 5) is 125. The lowest BCUT2D eigenvalue weighted by Gasteiger charge is -2.23. The van der Waals surface area contributed by atoms with E-state index in [4.69, 9.17) is 23.2 Å². The van der Waals surface area contributed by atoms with Crippen LogP contribution in [0.5, 0.6) is 0 Å². The molecule has 0 aliphatic heterocycles. The number of alkyl halides is 2. The summed E-state index contributed by atoms with van der Waals surface area (Å²) in [5, 5.41) is 13.0. The fourth-order valence-corrected chi connectivity index (χ4v) is 6.94. The van der Waals surface area contributed by atoms with Crippen LogP contribution < -0.4 is 26.6 Å². The Morgan fingerprint density at radius 1 is 0.508 bits per heavy atom. The summed E-state index contributed by atoms with van der Waals surface area (Å²) in [6.07, 6.45) is 0.202. The maximum atomic E-state index is 13.5. The predicted molar refractivity (Wildman–Crippen MR) is 242 cm³/mol. The van der Waals surface area contributed by atoms with Gasteiger partial charge in [-0.05, 0) is 37.6 Å². The Kier molecular flexibility index (Phi) is 17.5. The largest absolute Gasteiger partial charge is 0.469 e. The maximum Gasteiger partial charge on any atom is 0.322 e. The number of carbonyl (C=O) groups is 10. The molecule has 0 unspecified atom stereocenters. The molecule has 4 aromatic rings. The first-order chi connectivity index (χ1) is 30.6. The van der Waals surface area contributed by atoms with Gasteiger partial charge in [-0.1, -0.05) is 62.9 Å². The Morgan fingerprint density at radius 2 is 0.831 bits per heavy atom. The number of nitrogens with one attached hydrogen (secondary N) is 5. The Labute approximate surface area is 383 Å². The Hall–Kier alpha value is -7.08. The lowest BCUT2D eigenvalue weighted by atomic mass is 9.82. The number of hydrogen-bond donors (Lipinski definition) is 5. The number of fused-ring (bicyclic) bond motifs is 4. The number of ether oxygens (including phenoxy) is 2. The van der Waals surface area contributed by atoms with Gasteiger partial charge in [-0.2, -0.15) is 0 Å². The van der Waals surface area contributed by atoms with Gasteiger partial charge in [0.25, 0.3) is 0 Å². The highest BCUT2D eigenvalue weighted by atomic mass is 35.5. The average molecular weight is 931 g/mol. The fourth-order valence-electron chi connectivity index (χ4n) is 6.81. The Balaban J connectivity index is 0.000000299. The zero-order chi connectivity index (χ0) is 46.8. The SMILES string of the molecule is C.COC(=O)[C@H](C)NCC(=O)Nc1ccc(NC(=O)CC[C@H](C)C(=O)OC)c2c1C(=O)c1ccccc1C2=O.O=C(CCl)Nc1ccc(NC(=O)CCl)c2c1C(=O)c1ccccc1C2=O. The molecule has 340 valence electrons. The first-order valence-corrected chi connectivity index (χ1v) is 20.5. The van der Waals surface area contributed by atoms with Gasteiger partial charge < -0.3 is 30.7 Å². The van der Waals surface area contributed by atoms with Crippen molar-refractivity contribution in [2.24, 2.45) is 5.92 Å². The molecule has 0 radical (unpaired) electrons. The van der Waals surface area contributed by atoms with Gasteiger partial charge in [-0.25, -0.2) is 0 Å². The zero-order valence-corrected chi connectivity index (χ0v) is 36.3. The molecule has 5 N–H and O–H groups in total. The van der Waals surface area contributed by atoms with Crippen LogP contribution in [0, 0.1) is 5.92 Å². The van der Waals surface area contributed by atoms with E-state index in [0.29, 0.717) is 0 Å². The summed E-state index contributed by atoms with van der Waals surface area (Å²) in [6, 6.07) is 17.6. The summed E-state index contributed by atoms with van der Waals surface area (Å²) in [5.74, 6) is -6.00. The number of hydrogen-bond acceptors (Lipinski definition) is 13. The molecule has 0 heterocycles. The predicted octanol–water partition coefficient (Wildman–Crippen LogP) is 5.53. The first kappa shape index (κ1) is 50.6. The van der Waals surface area contributed by atoms with Gasteiger partial charge in [-0.15, -0.1) is 23.2 Å². The lowest BCUT2D eigenvalue weighted by molar-refractivity contribution is -0.145. The maximum absolute atomic E-state index is 13.5. The number of halogens is 2. The molecule has 4 aromatic carbocycles. The highest BCUT2D eigenvalue weighted by molar-refractivity contribution is 6.35. The third-order valence-corrected chi connectivity index (χ3v) is 10.5. The van der Waals surface area contributed by atoms with Gasteiger partial charge >= 0.3 is 11.9 Å². The van der Waals surface area contributed by atoms with Crippen LogP contribution in [0.3, 0.4) is 0 Å². The van der Waals surface area contributed by atoms with Crippen molar-refractivity contribution < 1.29 is 57.4 Å². The van der Waals surface area contributed by atoms with E-state index in [1.165, 1.54) is 69.7 Å². The minimum absolute atomic E-state index is 0. The number of amides is 4. The normalized spacial score (nSPS) is 12.8. The van der Waals surface area contributed by atoms with Crippen LogP contribution in [-0.2, 0) is 38.2 Å². The summed E-state index contributed by atoms with van der Waals surface area (Å²) in [7, 11) is 2.50.